The normalized spacial score (nSPS) is 12.2. The van der Waals surface area contributed by atoms with Crippen molar-refractivity contribution >= 4 is 5.91 Å². The Balaban J connectivity index is 2.44. The first-order chi connectivity index (χ1) is 7.09. The van der Waals surface area contributed by atoms with Gasteiger partial charge in [0.2, 0.25) is 5.91 Å². The fourth-order valence-corrected chi connectivity index (χ4v) is 1.25. The Hall–Kier alpha value is -1.42. The van der Waals surface area contributed by atoms with Crippen molar-refractivity contribution in [2.75, 3.05) is 0 Å². The highest BCUT2D eigenvalue weighted by Gasteiger charge is 2.05. The fraction of sp³-hybridized carbons (Fsp3) is 0.455. The quantitative estimate of drug-likeness (QED) is 0.765. The second kappa shape index (κ2) is 5.46. The van der Waals surface area contributed by atoms with Crippen LogP contribution in [-0.2, 0) is 11.3 Å². The topological polar surface area (TPSA) is 68.0 Å². The second-order valence-electron chi connectivity index (χ2n) is 3.73. The van der Waals surface area contributed by atoms with Gasteiger partial charge in [-0.05, 0) is 25.5 Å². The molecule has 0 saturated heterocycles. The van der Waals surface area contributed by atoms with Crippen molar-refractivity contribution in [3.63, 3.8) is 0 Å². The van der Waals surface area contributed by atoms with Gasteiger partial charge in [-0.15, -0.1) is 0 Å². The first-order valence-corrected chi connectivity index (χ1v) is 5.02. The minimum absolute atomic E-state index is 0.0324. The highest BCUT2D eigenvalue weighted by atomic mass is 16.1. The zero-order valence-corrected chi connectivity index (χ0v) is 9.16. The smallest absolute Gasteiger partial charge is 0.221 e. The summed E-state index contributed by atoms with van der Waals surface area (Å²) in [6.45, 7) is 4.25. The number of aromatic nitrogens is 1. The maximum Gasteiger partial charge on any atom is 0.221 e. The predicted octanol–water partition coefficient (Wildman–Crippen LogP) is 0.744. The molecule has 1 unspecified atom stereocenters. The number of nitrogens with one attached hydrogen (secondary N) is 1. The first-order valence-electron chi connectivity index (χ1n) is 5.02. The zero-order valence-electron chi connectivity index (χ0n) is 9.16. The molecule has 0 fully saturated rings. The first kappa shape index (κ1) is 11.7. The van der Waals surface area contributed by atoms with Crippen LogP contribution in [0.1, 0.15) is 24.6 Å². The van der Waals surface area contributed by atoms with Gasteiger partial charge in [0.05, 0.1) is 12.2 Å². The number of nitrogens with zero attached hydrogens (tertiary/aromatic N) is 1. The van der Waals surface area contributed by atoms with E-state index in [1.165, 1.54) is 0 Å². The molecule has 3 N–H and O–H groups in total. The van der Waals surface area contributed by atoms with Gasteiger partial charge in [0.15, 0.2) is 0 Å². The maximum atomic E-state index is 11.3. The molecule has 15 heavy (non-hydrogen) atoms. The average molecular weight is 207 g/mol. The Morgan fingerprint density at radius 2 is 2.40 bits per heavy atom. The number of carbonyl (C=O) groups is 1. The molecule has 0 aliphatic rings. The number of pyridine rings is 1. The van der Waals surface area contributed by atoms with Gasteiger partial charge in [0.1, 0.15) is 0 Å². The standard InChI is InChI=1S/C11H17N3O/c1-8-4-3-5-13-10(8)7-14-11(15)6-9(2)12/h3-5,9H,6-7,12H2,1-2H3,(H,14,15). The monoisotopic (exact) mass is 207 g/mol. The average Bonchev–Trinajstić information content (AvgIpc) is 2.15. The van der Waals surface area contributed by atoms with Crippen LogP contribution in [0.25, 0.3) is 0 Å². The van der Waals surface area contributed by atoms with E-state index in [0.717, 1.165) is 11.3 Å². The van der Waals surface area contributed by atoms with Crippen molar-refractivity contribution in [2.24, 2.45) is 5.73 Å². The highest BCUT2D eigenvalue weighted by molar-refractivity contribution is 5.76. The second-order valence-corrected chi connectivity index (χ2v) is 3.73. The van der Waals surface area contributed by atoms with Crippen molar-refractivity contribution in [3.8, 4) is 0 Å². The van der Waals surface area contributed by atoms with Crippen LogP contribution in [-0.4, -0.2) is 16.9 Å². The summed E-state index contributed by atoms with van der Waals surface area (Å²) in [4.78, 5) is 15.5. The molecule has 1 amide bonds. The molecule has 1 rings (SSSR count). The molecule has 0 aromatic carbocycles. The maximum absolute atomic E-state index is 11.3. The number of hydrogen-bond donors (Lipinski definition) is 2. The number of carbonyl (C=O) groups excluding carboxylic acids is 1. The molecule has 0 aliphatic heterocycles. The van der Waals surface area contributed by atoms with Crippen molar-refractivity contribution in [1.82, 2.24) is 10.3 Å². The molecule has 0 bridgehead atoms. The van der Waals surface area contributed by atoms with Gasteiger partial charge >= 0.3 is 0 Å². The van der Waals surface area contributed by atoms with Gasteiger partial charge in [-0.3, -0.25) is 9.78 Å². The molecule has 1 aromatic rings. The van der Waals surface area contributed by atoms with Gasteiger partial charge in [-0.25, -0.2) is 0 Å². The molecule has 0 saturated carbocycles. The summed E-state index contributed by atoms with van der Waals surface area (Å²) in [5, 5.41) is 2.79. The molecule has 4 nitrogen and oxygen atoms in total. The van der Waals surface area contributed by atoms with E-state index in [4.69, 9.17) is 5.73 Å². The molecule has 0 aliphatic carbocycles. The molecule has 0 radical (unpaired) electrons. The molecular weight excluding hydrogens is 190 g/mol. The van der Waals surface area contributed by atoms with E-state index in [1.54, 1.807) is 6.20 Å². The van der Waals surface area contributed by atoms with Crippen LogP contribution >= 0.6 is 0 Å². The van der Waals surface area contributed by atoms with Crippen molar-refractivity contribution in [3.05, 3.63) is 29.6 Å². The van der Waals surface area contributed by atoms with Gasteiger partial charge in [0, 0.05) is 18.7 Å². The van der Waals surface area contributed by atoms with Gasteiger partial charge in [-0.1, -0.05) is 6.07 Å². The van der Waals surface area contributed by atoms with Gasteiger partial charge < -0.3 is 11.1 Å². The third-order valence-electron chi connectivity index (χ3n) is 2.08. The van der Waals surface area contributed by atoms with E-state index in [1.807, 2.05) is 26.0 Å². The van der Waals surface area contributed by atoms with Crippen LogP contribution in [0.3, 0.4) is 0 Å². The summed E-state index contributed by atoms with van der Waals surface area (Å²) in [5.74, 6) is -0.0324. The van der Waals surface area contributed by atoms with Crippen LogP contribution in [0.4, 0.5) is 0 Å². The summed E-state index contributed by atoms with van der Waals surface area (Å²) in [6.07, 6.45) is 2.08. The van der Waals surface area contributed by atoms with Crippen molar-refractivity contribution in [1.29, 1.82) is 0 Å². The van der Waals surface area contributed by atoms with Crippen LogP contribution < -0.4 is 11.1 Å². The molecule has 1 aromatic heterocycles. The Morgan fingerprint density at radius 3 is 3.00 bits per heavy atom. The SMILES string of the molecule is Cc1cccnc1CNC(=O)CC(C)N. The largest absolute Gasteiger partial charge is 0.350 e. The molecular formula is C11H17N3O. The van der Waals surface area contributed by atoms with Crippen LogP contribution in [0.2, 0.25) is 0 Å². The van der Waals surface area contributed by atoms with E-state index >= 15 is 0 Å². The van der Waals surface area contributed by atoms with Crippen LogP contribution in [0.5, 0.6) is 0 Å². The third kappa shape index (κ3) is 4.08. The van der Waals surface area contributed by atoms with E-state index in [-0.39, 0.29) is 11.9 Å². The predicted molar refractivity (Wildman–Crippen MR) is 59.1 cm³/mol. The summed E-state index contributed by atoms with van der Waals surface area (Å²) < 4.78 is 0. The Labute approximate surface area is 89.9 Å². The summed E-state index contributed by atoms with van der Waals surface area (Å²) >= 11 is 0. The lowest BCUT2D eigenvalue weighted by Gasteiger charge is -2.08. The van der Waals surface area contributed by atoms with E-state index in [9.17, 15) is 4.79 Å². The van der Waals surface area contributed by atoms with Crippen LogP contribution in [0, 0.1) is 6.92 Å². The minimum Gasteiger partial charge on any atom is -0.350 e. The van der Waals surface area contributed by atoms with Gasteiger partial charge in [-0.2, -0.15) is 0 Å². The molecule has 4 heteroatoms. The number of amides is 1. The summed E-state index contributed by atoms with van der Waals surface area (Å²) in [6, 6.07) is 3.75. The Bertz CT molecular complexity index is 336. The number of nitrogens with two attached hydrogens (primary N) is 1. The molecule has 1 heterocycles. The Morgan fingerprint density at radius 1 is 1.67 bits per heavy atom. The van der Waals surface area contributed by atoms with Crippen molar-refractivity contribution in [2.45, 2.75) is 32.9 Å². The fourth-order valence-electron chi connectivity index (χ4n) is 1.25. The third-order valence-corrected chi connectivity index (χ3v) is 2.08. The van der Waals surface area contributed by atoms with Crippen LogP contribution in [0.15, 0.2) is 18.3 Å². The lowest BCUT2D eigenvalue weighted by atomic mass is 10.2. The number of aryl methyl sites for hydroxylation is 1. The zero-order chi connectivity index (χ0) is 11.3. The van der Waals surface area contributed by atoms with E-state index in [2.05, 4.69) is 10.3 Å². The number of rotatable bonds is 4. The highest BCUT2D eigenvalue weighted by Crippen LogP contribution is 2.02. The summed E-state index contributed by atoms with van der Waals surface area (Å²) in [7, 11) is 0. The molecule has 82 valence electrons. The molecule has 0 spiro atoms. The molecule has 1 atom stereocenters. The van der Waals surface area contributed by atoms with Gasteiger partial charge in [0.25, 0.3) is 0 Å². The van der Waals surface area contributed by atoms with E-state index in [0.29, 0.717) is 13.0 Å². The summed E-state index contributed by atoms with van der Waals surface area (Å²) in [5.41, 5.74) is 7.50. The Kier molecular flexibility index (Phi) is 4.24. The lowest BCUT2D eigenvalue weighted by molar-refractivity contribution is -0.121. The minimum atomic E-state index is -0.102. The lowest BCUT2D eigenvalue weighted by Crippen LogP contribution is -2.29. The van der Waals surface area contributed by atoms with E-state index < -0.39 is 0 Å². The van der Waals surface area contributed by atoms with Crippen molar-refractivity contribution < 1.29 is 4.79 Å². The number of hydrogen-bond acceptors (Lipinski definition) is 3.